The van der Waals surface area contributed by atoms with Crippen LogP contribution in [0.2, 0.25) is 0 Å². The van der Waals surface area contributed by atoms with Crippen LogP contribution in [0.25, 0.3) is 0 Å². The molecular weight excluding hydrogens is 306 g/mol. The lowest BCUT2D eigenvalue weighted by molar-refractivity contribution is 0.0677. The van der Waals surface area contributed by atoms with Gasteiger partial charge in [-0.3, -0.25) is 4.79 Å². The number of piperidine rings is 1. The zero-order valence-electron chi connectivity index (χ0n) is 11.5. The van der Waals surface area contributed by atoms with E-state index in [1.807, 2.05) is 17.0 Å². The number of carbonyl (C=O) groups is 1. The van der Waals surface area contributed by atoms with Crippen molar-refractivity contribution in [2.45, 2.75) is 12.8 Å². The minimum absolute atomic E-state index is 0.100. The summed E-state index contributed by atoms with van der Waals surface area (Å²) < 4.78 is 0.758. The zero-order valence-corrected chi connectivity index (χ0v) is 13.1. The normalized spacial score (nSPS) is 16.9. The van der Waals surface area contributed by atoms with Gasteiger partial charge < -0.3 is 9.80 Å². The molecule has 5 heteroatoms. The Balaban J connectivity index is 1.90. The van der Waals surface area contributed by atoms with Crippen LogP contribution in [0.5, 0.6) is 0 Å². The summed E-state index contributed by atoms with van der Waals surface area (Å²) in [6, 6.07) is 3.64. The molecule has 1 aliphatic rings. The van der Waals surface area contributed by atoms with Gasteiger partial charge in [-0.15, -0.1) is 0 Å². The van der Waals surface area contributed by atoms with Gasteiger partial charge in [0, 0.05) is 25.8 Å². The van der Waals surface area contributed by atoms with E-state index in [1.165, 1.54) is 0 Å². The lowest BCUT2D eigenvalue weighted by Gasteiger charge is -2.33. The average Bonchev–Trinajstić information content (AvgIpc) is 2.39. The van der Waals surface area contributed by atoms with Crippen LogP contribution in [-0.4, -0.2) is 54.4 Å². The Morgan fingerprint density at radius 1 is 1.42 bits per heavy atom. The van der Waals surface area contributed by atoms with Crippen molar-refractivity contribution in [3.05, 3.63) is 28.5 Å². The van der Waals surface area contributed by atoms with Crippen molar-refractivity contribution in [3.8, 4) is 0 Å². The lowest BCUT2D eigenvalue weighted by Crippen LogP contribution is -2.40. The first-order valence-corrected chi connectivity index (χ1v) is 7.41. The summed E-state index contributed by atoms with van der Waals surface area (Å²) in [5.41, 5.74) is 0.675. The molecule has 0 N–H and O–H groups in total. The smallest absolute Gasteiger partial charge is 0.255 e. The molecule has 0 saturated carbocycles. The molecule has 0 aromatic carbocycles. The predicted octanol–water partition coefficient (Wildman–Crippen LogP) is 2.26. The van der Waals surface area contributed by atoms with Gasteiger partial charge in [0.25, 0.3) is 5.91 Å². The van der Waals surface area contributed by atoms with Crippen LogP contribution in [0.1, 0.15) is 23.2 Å². The van der Waals surface area contributed by atoms with Gasteiger partial charge in [0.1, 0.15) is 4.60 Å². The van der Waals surface area contributed by atoms with Gasteiger partial charge in [-0.2, -0.15) is 0 Å². The van der Waals surface area contributed by atoms with Crippen LogP contribution in [0.4, 0.5) is 0 Å². The molecule has 1 aromatic heterocycles. The molecule has 0 radical (unpaired) electrons. The monoisotopic (exact) mass is 325 g/mol. The zero-order chi connectivity index (χ0) is 13.8. The van der Waals surface area contributed by atoms with Gasteiger partial charge in [-0.05, 0) is 60.9 Å². The van der Waals surface area contributed by atoms with Gasteiger partial charge in [0.15, 0.2) is 0 Å². The van der Waals surface area contributed by atoms with Gasteiger partial charge in [-0.25, -0.2) is 4.98 Å². The number of likely N-dealkylation sites (tertiary alicyclic amines) is 1. The van der Waals surface area contributed by atoms with Gasteiger partial charge in [0.05, 0.1) is 5.56 Å². The maximum atomic E-state index is 12.3. The first kappa shape index (κ1) is 14.5. The van der Waals surface area contributed by atoms with Crippen molar-refractivity contribution >= 4 is 21.8 Å². The minimum atomic E-state index is 0.100. The molecule has 0 atom stereocenters. The highest BCUT2D eigenvalue weighted by atomic mass is 79.9. The highest BCUT2D eigenvalue weighted by molar-refractivity contribution is 9.10. The summed E-state index contributed by atoms with van der Waals surface area (Å²) in [5, 5.41) is 0. The molecule has 2 heterocycles. The second-order valence-corrected chi connectivity index (χ2v) is 6.18. The Hall–Kier alpha value is -0.940. The number of nitrogens with zero attached hydrogens (tertiary/aromatic N) is 3. The number of pyridine rings is 1. The third-order valence-corrected chi connectivity index (χ3v) is 3.97. The van der Waals surface area contributed by atoms with Crippen molar-refractivity contribution in [1.29, 1.82) is 0 Å². The van der Waals surface area contributed by atoms with E-state index >= 15 is 0 Å². The number of hydrogen-bond donors (Lipinski definition) is 0. The standard InChI is InChI=1S/C14H20BrN3O/c1-17(2)10-11-5-7-18(8-6-11)14(19)12-3-4-13(15)16-9-12/h3-4,9,11H,5-8,10H2,1-2H3. The Kier molecular flexibility index (Phi) is 4.93. The number of carbonyl (C=O) groups excluding carboxylic acids is 1. The summed E-state index contributed by atoms with van der Waals surface area (Å²) in [4.78, 5) is 20.6. The second-order valence-electron chi connectivity index (χ2n) is 5.37. The fraction of sp³-hybridized carbons (Fsp3) is 0.571. The Labute approximate surface area is 122 Å². The first-order chi connectivity index (χ1) is 9.06. The summed E-state index contributed by atoms with van der Waals surface area (Å²) >= 11 is 3.28. The highest BCUT2D eigenvalue weighted by Crippen LogP contribution is 2.19. The quantitative estimate of drug-likeness (QED) is 0.800. The summed E-state index contributed by atoms with van der Waals surface area (Å²) in [6.07, 6.45) is 3.82. The molecule has 104 valence electrons. The van der Waals surface area contributed by atoms with E-state index < -0.39 is 0 Å². The number of halogens is 1. The molecule has 0 bridgehead atoms. The number of aromatic nitrogens is 1. The number of hydrogen-bond acceptors (Lipinski definition) is 3. The molecule has 1 saturated heterocycles. The van der Waals surface area contributed by atoms with Crippen LogP contribution in [0.15, 0.2) is 22.9 Å². The summed E-state index contributed by atoms with van der Waals surface area (Å²) in [7, 11) is 4.20. The second kappa shape index (κ2) is 6.48. The molecule has 1 aliphatic heterocycles. The van der Waals surface area contributed by atoms with Crippen molar-refractivity contribution in [1.82, 2.24) is 14.8 Å². The maximum Gasteiger partial charge on any atom is 0.255 e. The molecular formula is C14H20BrN3O. The third-order valence-electron chi connectivity index (χ3n) is 3.50. The summed E-state index contributed by atoms with van der Waals surface area (Å²) in [5.74, 6) is 0.811. The SMILES string of the molecule is CN(C)CC1CCN(C(=O)c2ccc(Br)nc2)CC1. The van der Waals surface area contributed by atoms with E-state index in [1.54, 1.807) is 6.20 Å². The number of amides is 1. The third kappa shape index (κ3) is 4.01. The molecule has 4 nitrogen and oxygen atoms in total. The van der Waals surface area contributed by atoms with Gasteiger partial charge in [0.2, 0.25) is 0 Å². The topological polar surface area (TPSA) is 36.4 Å². The Bertz CT molecular complexity index is 425. The van der Waals surface area contributed by atoms with E-state index in [0.717, 1.165) is 37.1 Å². The van der Waals surface area contributed by atoms with Crippen molar-refractivity contribution in [3.63, 3.8) is 0 Å². The fourth-order valence-electron chi connectivity index (χ4n) is 2.52. The Morgan fingerprint density at radius 2 is 2.11 bits per heavy atom. The van der Waals surface area contributed by atoms with Gasteiger partial charge >= 0.3 is 0 Å². The molecule has 0 aliphatic carbocycles. The van der Waals surface area contributed by atoms with E-state index in [4.69, 9.17) is 0 Å². The predicted molar refractivity (Wildman–Crippen MR) is 79.1 cm³/mol. The molecule has 1 amide bonds. The van der Waals surface area contributed by atoms with Crippen LogP contribution >= 0.6 is 15.9 Å². The first-order valence-electron chi connectivity index (χ1n) is 6.62. The fourth-order valence-corrected chi connectivity index (χ4v) is 2.75. The van der Waals surface area contributed by atoms with Crippen LogP contribution in [0, 0.1) is 5.92 Å². The van der Waals surface area contributed by atoms with E-state index in [2.05, 4.69) is 39.9 Å². The molecule has 0 spiro atoms. The van der Waals surface area contributed by atoms with Crippen LogP contribution in [0.3, 0.4) is 0 Å². The largest absolute Gasteiger partial charge is 0.339 e. The molecule has 2 rings (SSSR count). The van der Waals surface area contributed by atoms with Crippen LogP contribution in [-0.2, 0) is 0 Å². The molecule has 19 heavy (non-hydrogen) atoms. The van der Waals surface area contributed by atoms with Gasteiger partial charge in [-0.1, -0.05) is 0 Å². The highest BCUT2D eigenvalue weighted by Gasteiger charge is 2.23. The number of rotatable bonds is 3. The lowest BCUT2D eigenvalue weighted by atomic mass is 9.96. The van der Waals surface area contributed by atoms with E-state index in [-0.39, 0.29) is 5.91 Å². The molecule has 0 unspecified atom stereocenters. The molecule has 1 fully saturated rings. The van der Waals surface area contributed by atoms with Crippen molar-refractivity contribution < 1.29 is 4.79 Å². The minimum Gasteiger partial charge on any atom is -0.339 e. The Morgan fingerprint density at radius 3 is 2.63 bits per heavy atom. The summed E-state index contributed by atoms with van der Waals surface area (Å²) in [6.45, 7) is 2.82. The average molecular weight is 326 g/mol. The van der Waals surface area contributed by atoms with Crippen molar-refractivity contribution in [2.24, 2.45) is 5.92 Å². The van der Waals surface area contributed by atoms with E-state index in [9.17, 15) is 4.79 Å². The maximum absolute atomic E-state index is 12.3. The van der Waals surface area contributed by atoms with E-state index in [0.29, 0.717) is 11.5 Å². The van der Waals surface area contributed by atoms with Crippen molar-refractivity contribution in [2.75, 3.05) is 33.7 Å². The van der Waals surface area contributed by atoms with Crippen LogP contribution < -0.4 is 0 Å². The molecule has 1 aromatic rings.